The van der Waals surface area contributed by atoms with E-state index in [0.29, 0.717) is 5.69 Å². The van der Waals surface area contributed by atoms with Crippen LogP contribution in [0.25, 0.3) is 16.6 Å². The van der Waals surface area contributed by atoms with E-state index in [1.807, 2.05) is 19.9 Å². The highest BCUT2D eigenvalue weighted by Gasteiger charge is 2.19. The highest BCUT2D eigenvalue weighted by atomic mass is 32.2. The Morgan fingerprint density at radius 3 is 2.74 bits per heavy atom. The third kappa shape index (κ3) is 3.69. The maximum atomic E-state index is 14.3. The van der Waals surface area contributed by atoms with Gasteiger partial charge in [-0.15, -0.1) is 5.10 Å². The zero-order valence-electron chi connectivity index (χ0n) is 15.5. The Bertz CT molecular complexity index is 955. The molecule has 0 radical (unpaired) electrons. The monoisotopic (exact) mass is 388 g/mol. The molecule has 6 nitrogen and oxygen atoms in total. The molecule has 4 rings (SSSR count). The van der Waals surface area contributed by atoms with Gasteiger partial charge < -0.3 is 9.64 Å². The fourth-order valence-corrected chi connectivity index (χ4v) is 4.42. The summed E-state index contributed by atoms with van der Waals surface area (Å²) in [6.07, 6.45) is 0. The van der Waals surface area contributed by atoms with E-state index in [4.69, 9.17) is 9.84 Å². The van der Waals surface area contributed by atoms with Gasteiger partial charge in [-0.3, -0.25) is 0 Å². The van der Waals surface area contributed by atoms with Crippen LogP contribution in [0.3, 0.4) is 0 Å². The summed E-state index contributed by atoms with van der Waals surface area (Å²) in [4.78, 5) is 1.55. The summed E-state index contributed by atoms with van der Waals surface area (Å²) in [5.41, 5.74) is 2.93. The molecule has 0 aliphatic carbocycles. The molecule has 1 aromatic carbocycles. The molecule has 142 valence electrons. The lowest BCUT2D eigenvalue weighted by Crippen LogP contribution is -3.14. The average Bonchev–Trinajstić information content (AvgIpc) is 3.03. The van der Waals surface area contributed by atoms with Gasteiger partial charge in [0.2, 0.25) is 0 Å². The average molecular weight is 388 g/mol. The third-order valence-corrected chi connectivity index (χ3v) is 5.90. The van der Waals surface area contributed by atoms with Crippen molar-refractivity contribution >= 4 is 22.7 Å². The third-order valence-electron chi connectivity index (χ3n) is 4.95. The summed E-state index contributed by atoms with van der Waals surface area (Å²) in [5.74, 6) is 0.644. The fraction of sp³-hybridized carbons (Fsp3) is 0.421. The van der Waals surface area contributed by atoms with E-state index in [9.17, 15) is 4.39 Å². The first-order chi connectivity index (χ1) is 13.1. The number of benzene rings is 1. The summed E-state index contributed by atoms with van der Waals surface area (Å²) >= 11 is 1.67. The van der Waals surface area contributed by atoms with Crippen molar-refractivity contribution < 1.29 is 14.0 Å². The van der Waals surface area contributed by atoms with E-state index < -0.39 is 0 Å². The Balaban J connectivity index is 1.63. The molecule has 1 N–H and O–H groups in total. The smallest absolute Gasteiger partial charge is 0.148 e. The molecule has 1 aliphatic rings. The first-order valence-electron chi connectivity index (χ1n) is 9.17. The van der Waals surface area contributed by atoms with Crippen molar-refractivity contribution in [1.82, 2.24) is 20.0 Å². The molecule has 0 saturated carbocycles. The SMILES string of the molecule is Cc1nnc(SCC[NH+]2CCOCC2)c2nn(-c3ccccc3F)c(C)c12. The van der Waals surface area contributed by atoms with Crippen molar-refractivity contribution in [2.24, 2.45) is 0 Å². The van der Waals surface area contributed by atoms with Crippen molar-refractivity contribution in [2.45, 2.75) is 18.9 Å². The Morgan fingerprint density at radius 1 is 1.19 bits per heavy atom. The highest BCUT2D eigenvalue weighted by molar-refractivity contribution is 7.99. The van der Waals surface area contributed by atoms with Crippen LogP contribution in [-0.2, 0) is 4.74 Å². The molecule has 3 aromatic rings. The number of nitrogens with zero attached hydrogens (tertiary/aromatic N) is 4. The lowest BCUT2D eigenvalue weighted by molar-refractivity contribution is -0.905. The predicted octanol–water partition coefficient (Wildman–Crippen LogP) is 1.58. The van der Waals surface area contributed by atoms with E-state index in [-0.39, 0.29) is 5.82 Å². The zero-order valence-corrected chi connectivity index (χ0v) is 16.4. The molecule has 3 heterocycles. The molecular formula is C19H23FN5OS+. The highest BCUT2D eigenvalue weighted by Crippen LogP contribution is 2.30. The number of halogens is 1. The number of hydrogen-bond donors (Lipinski definition) is 1. The molecule has 0 atom stereocenters. The standard InChI is InChI=1S/C19H22FN5OS/c1-13-17-14(2)25(16-6-4-3-5-15(16)20)23-18(17)19(22-21-13)27-12-9-24-7-10-26-11-8-24/h3-6H,7-12H2,1-2H3/p+1. The van der Waals surface area contributed by atoms with Crippen molar-refractivity contribution in [1.29, 1.82) is 0 Å². The molecule has 1 saturated heterocycles. The number of aromatic nitrogens is 4. The van der Waals surface area contributed by atoms with Crippen LogP contribution in [0.15, 0.2) is 29.3 Å². The number of morpholine rings is 1. The van der Waals surface area contributed by atoms with Crippen LogP contribution in [0, 0.1) is 19.7 Å². The number of para-hydroxylation sites is 1. The molecule has 0 unspecified atom stereocenters. The first-order valence-corrected chi connectivity index (χ1v) is 10.2. The molecule has 27 heavy (non-hydrogen) atoms. The summed E-state index contributed by atoms with van der Waals surface area (Å²) in [5, 5.41) is 15.1. The van der Waals surface area contributed by atoms with Gasteiger partial charge in [0.1, 0.15) is 35.1 Å². The number of aryl methyl sites for hydroxylation is 2. The second-order valence-corrected chi connectivity index (χ2v) is 7.81. The Kier molecular flexibility index (Phi) is 5.38. The van der Waals surface area contributed by atoms with E-state index >= 15 is 0 Å². The molecule has 1 fully saturated rings. The van der Waals surface area contributed by atoms with Crippen molar-refractivity contribution in [3.05, 3.63) is 41.5 Å². The second-order valence-electron chi connectivity index (χ2n) is 6.72. The van der Waals surface area contributed by atoms with E-state index in [1.165, 1.54) is 6.07 Å². The first kappa shape index (κ1) is 18.3. The number of hydrogen-bond acceptors (Lipinski definition) is 5. The minimum absolute atomic E-state index is 0.294. The van der Waals surface area contributed by atoms with Gasteiger partial charge in [0.25, 0.3) is 0 Å². The number of nitrogens with one attached hydrogen (secondary N) is 1. The van der Waals surface area contributed by atoms with Crippen LogP contribution in [0.4, 0.5) is 4.39 Å². The van der Waals surface area contributed by atoms with Gasteiger partial charge in [-0.1, -0.05) is 23.9 Å². The Labute approximate surface area is 161 Å². The van der Waals surface area contributed by atoms with E-state index in [1.54, 1.807) is 33.5 Å². The van der Waals surface area contributed by atoms with Gasteiger partial charge >= 0.3 is 0 Å². The topological polar surface area (TPSA) is 57.3 Å². The molecule has 8 heteroatoms. The van der Waals surface area contributed by atoms with Gasteiger partial charge in [0, 0.05) is 11.1 Å². The lowest BCUT2D eigenvalue weighted by atomic mass is 10.2. The van der Waals surface area contributed by atoms with E-state index in [0.717, 1.165) is 65.9 Å². The molecule has 0 amide bonds. The van der Waals surface area contributed by atoms with Crippen LogP contribution in [-0.4, -0.2) is 58.6 Å². The normalized spacial score (nSPS) is 15.5. The van der Waals surface area contributed by atoms with Gasteiger partial charge in [-0.2, -0.15) is 10.2 Å². The summed E-state index contributed by atoms with van der Waals surface area (Å²) in [6.45, 7) is 8.69. The van der Waals surface area contributed by atoms with Crippen LogP contribution in [0.5, 0.6) is 0 Å². The van der Waals surface area contributed by atoms with Crippen molar-refractivity contribution in [2.75, 3.05) is 38.6 Å². The summed E-state index contributed by atoms with van der Waals surface area (Å²) in [6, 6.07) is 6.68. The number of ether oxygens (including phenoxy) is 1. The molecule has 0 bridgehead atoms. The Hall–Kier alpha value is -2.03. The summed E-state index contributed by atoms with van der Waals surface area (Å²) in [7, 11) is 0. The predicted molar refractivity (Wildman–Crippen MR) is 103 cm³/mol. The number of rotatable bonds is 5. The minimum Gasteiger partial charge on any atom is -0.370 e. The molecular weight excluding hydrogens is 365 g/mol. The Morgan fingerprint density at radius 2 is 1.96 bits per heavy atom. The maximum absolute atomic E-state index is 14.3. The van der Waals surface area contributed by atoms with Crippen LogP contribution in [0.2, 0.25) is 0 Å². The molecule has 2 aromatic heterocycles. The molecule has 0 spiro atoms. The minimum atomic E-state index is -0.294. The summed E-state index contributed by atoms with van der Waals surface area (Å²) < 4.78 is 21.4. The van der Waals surface area contributed by atoms with E-state index in [2.05, 4.69) is 10.2 Å². The van der Waals surface area contributed by atoms with Gasteiger partial charge in [0.15, 0.2) is 0 Å². The maximum Gasteiger partial charge on any atom is 0.148 e. The number of thioether (sulfide) groups is 1. The zero-order chi connectivity index (χ0) is 18.8. The van der Waals surface area contributed by atoms with Crippen LogP contribution in [0.1, 0.15) is 11.4 Å². The van der Waals surface area contributed by atoms with Gasteiger partial charge in [-0.05, 0) is 26.0 Å². The van der Waals surface area contributed by atoms with Crippen LogP contribution < -0.4 is 4.90 Å². The van der Waals surface area contributed by atoms with Crippen LogP contribution >= 0.6 is 11.8 Å². The number of quaternary nitrogens is 1. The van der Waals surface area contributed by atoms with Gasteiger partial charge in [-0.25, -0.2) is 9.07 Å². The lowest BCUT2D eigenvalue weighted by Gasteiger charge is -2.23. The van der Waals surface area contributed by atoms with Gasteiger partial charge in [0.05, 0.1) is 31.1 Å². The fourth-order valence-electron chi connectivity index (χ4n) is 3.46. The second kappa shape index (κ2) is 7.92. The van der Waals surface area contributed by atoms with Crippen molar-refractivity contribution in [3.8, 4) is 5.69 Å². The number of fused-ring (bicyclic) bond motifs is 1. The quantitative estimate of drug-likeness (QED) is 0.673. The molecule has 1 aliphatic heterocycles. The largest absolute Gasteiger partial charge is 0.370 e. The van der Waals surface area contributed by atoms with Crippen molar-refractivity contribution in [3.63, 3.8) is 0 Å².